The summed E-state index contributed by atoms with van der Waals surface area (Å²) in [5.41, 5.74) is 3.74. The number of aliphatic imine (C=N–C) groups is 1. The van der Waals surface area contributed by atoms with Crippen molar-refractivity contribution in [2.75, 3.05) is 10.3 Å². The van der Waals surface area contributed by atoms with Crippen LogP contribution in [0, 0.1) is 5.82 Å². The maximum Gasteiger partial charge on any atom is 0.292 e. The molecule has 0 spiro atoms. The smallest absolute Gasteiger partial charge is 0.292 e. The van der Waals surface area contributed by atoms with Crippen LogP contribution in [0.2, 0.25) is 0 Å². The number of carbonyl (C=O) groups excluding carboxylic acids is 1. The summed E-state index contributed by atoms with van der Waals surface area (Å²) in [6, 6.07) is 15.2. The van der Waals surface area contributed by atoms with E-state index in [0.717, 1.165) is 5.69 Å². The van der Waals surface area contributed by atoms with Gasteiger partial charge in [0.25, 0.3) is 5.91 Å². The monoisotopic (exact) mass is 312 g/mol. The Kier molecular flexibility index (Phi) is 3.73. The molecule has 23 heavy (non-hydrogen) atoms. The summed E-state index contributed by atoms with van der Waals surface area (Å²) in [5, 5.41) is 4.51. The number of benzene rings is 2. The van der Waals surface area contributed by atoms with Crippen LogP contribution >= 0.6 is 0 Å². The van der Waals surface area contributed by atoms with Crippen LogP contribution < -0.4 is 15.8 Å². The standard InChI is InChI=1S/C17H17FN4O/c1-17(2)20-15(16(23)19-13-6-4-3-5-7-13)21-22(17)14-10-8-12(18)9-11-14/h3-11H,1-2H3,(H,19,23)(H,20,21). The first-order valence-corrected chi connectivity index (χ1v) is 7.24. The molecular weight excluding hydrogens is 295 g/mol. The number of amides is 1. The molecule has 1 aliphatic rings. The van der Waals surface area contributed by atoms with Gasteiger partial charge in [0, 0.05) is 5.69 Å². The lowest BCUT2D eigenvalue weighted by Gasteiger charge is -2.30. The van der Waals surface area contributed by atoms with Gasteiger partial charge in [0.15, 0.2) is 0 Å². The first-order chi connectivity index (χ1) is 11.0. The van der Waals surface area contributed by atoms with Gasteiger partial charge in [-0.2, -0.15) is 0 Å². The highest BCUT2D eigenvalue weighted by molar-refractivity contribution is 6.43. The summed E-state index contributed by atoms with van der Waals surface area (Å²) in [5.74, 6) is -0.425. The molecule has 1 heterocycles. The Balaban J connectivity index is 1.78. The lowest BCUT2D eigenvalue weighted by atomic mass is 10.2. The third-order valence-electron chi connectivity index (χ3n) is 3.48. The fourth-order valence-electron chi connectivity index (χ4n) is 2.38. The van der Waals surface area contributed by atoms with Crippen LogP contribution in [0.15, 0.2) is 59.6 Å². The van der Waals surface area contributed by atoms with Crippen LogP contribution in [0.4, 0.5) is 15.8 Å². The molecule has 2 aromatic carbocycles. The number of nitrogens with zero attached hydrogens (tertiary/aromatic N) is 2. The Morgan fingerprint density at radius 2 is 1.78 bits per heavy atom. The van der Waals surface area contributed by atoms with Gasteiger partial charge >= 0.3 is 0 Å². The highest BCUT2D eigenvalue weighted by Gasteiger charge is 2.36. The number of amidine groups is 1. The van der Waals surface area contributed by atoms with Crippen LogP contribution in [0.25, 0.3) is 0 Å². The number of carbonyl (C=O) groups is 1. The average Bonchev–Trinajstić information content (AvgIpc) is 2.85. The Labute approximate surface area is 133 Å². The summed E-state index contributed by atoms with van der Waals surface area (Å²) in [7, 11) is 0. The third kappa shape index (κ3) is 3.15. The molecule has 118 valence electrons. The van der Waals surface area contributed by atoms with Gasteiger partial charge in [0.05, 0.1) is 5.69 Å². The van der Waals surface area contributed by atoms with Gasteiger partial charge < -0.3 is 5.32 Å². The maximum absolute atomic E-state index is 13.1. The largest absolute Gasteiger partial charge is 0.319 e. The quantitative estimate of drug-likeness (QED) is 0.916. The third-order valence-corrected chi connectivity index (χ3v) is 3.48. The minimum Gasteiger partial charge on any atom is -0.319 e. The number of nitrogens with one attached hydrogen (secondary N) is 2. The number of halogens is 1. The molecule has 5 nitrogen and oxygen atoms in total. The molecule has 0 aliphatic carbocycles. The molecule has 3 rings (SSSR count). The fraction of sp³-hybridized carbons (Fsp3) is 0.176. The van der Waals surface area contributed by atoms with Gasteiger partial charge in [0.1, 0.15) is 11.5 Å². The number of hydrazine groups is 1. The van der Waals surface area contributed by atoms with E-state index in [9.17, 15) is 9.18 Å². The molecule has 1 amide bonds. The van der Waals surface area contributed by atoms with Gasteiger partial charge in [-0.25, -0.2) is 9.38 Å². The zero-order valence-corrected chi connectivity index (χ0v) is 12.9. The lowest BCUT2D eigenvalue weighted by Crippen LogP contribution is -2.48. The second-order valence-corrected chi connectivity index (χ2v) is 5.70. The molecule has 6 heteroatoms. The molecule has 1 aliphatic heterocycles. The van der Waals surface area contributed by atoms with E-state index in [1.807, 2.05) is 32.0 Å². The van der Waals surface area contributed by atoms with E-state index in [1.165, 1.54) is 12.1 Å². The van der Waals surface area contributed by atoms with E-state index in [-0.39, 0.29) is 17.6 Å². The van der Waals surface area contributed by atoms with Crippen molar-refractivity contribution >= 4 is 23.1 Å². The first kappa shape index (κ1) is 15.0. The number of para-hydroxylation sites is 1. The molecule has 0 atom stereocenters. The van der Waals surface area contributed by atoms with Crippen molar-refractivity contribution < 1.29 is 9.18 Å². The predicted molar refractivity (Wildman–Crippen MR) is 88.6 cm³/mol. The molecular formula is C17H17FN4O. The first-order valence-electron chi connectivity index (χ1n) is 7.24. The maximum atomic E-state index is 13.1. The number of hydrogen-bond donors (Lipinski definition) is 2. The van der Waals surface area contributed by atoms with Crippen molar-refractivity contribution in [2.45, 2.75) is 19.5 Å². The topological polar surface area (TPSA) is 56.7 Å². The molecule has 0 saturated carbocycles. The van der Waals surface area contributed by atoms with Gasteiger partial charge in [0.2, 0.25) is 5.84 Å². The molecule has 0 saturated heterocycles. The van der Waals surface area contributed by atoms with Crippen molar-refractivity contribution in [2.24, 2.45) is 4.99 Å². The Morgan fingerprint density at radius 1 is 1.13 bits per heavy atom. The summed E-state index contributed by atoms with van der Waals surface area (Å²) < 4.78 is 13.1. The van der Waals surface area contributed by atoms with Crippen LogP contribution in [0.3, 0.4) is 0 Å². The molecule has 0 fully saturated rings. The zero-order valence-electron chi connectivity index (χ0n) is 12.9. The number of hydrogen-bond acceptors (Lipinski definition) is 4. The molecule has 0 aromatic heterocycles. The van der Waals surface area contributed by atoms with Crippen molar-refractivity contribution in [3.8, 4) is 0 Å². The van der Waals surface area contributed by atoms with Crippen molar-refractivity contribution in [1.82, 2.24) is 5.43 Å². The van der Waals surface area contributed by atoms with Crippen LogP contribution in [0.5, 0.6) is 0 Å². The Bertz CT molecular complexity index is 741. The highest BCUT2D eigenvalue weighted by atomic mass is 19.1. The zero-order chi connectivity index (χ0) is 16.4. The van der Waals surface area contributed by atoms with E-state index in [1.54, 1.807) is 29.3 Å². The molecule has 2 N–H and O–H groups in total. The average molecular weight is 312 g/mol. The van der Waals surface area contributed by atoms with E-state index in [0.29, 0.717) is 5.69 Å². The van der Waals surface area contributed by atoms with E-state index < -0.39 is 5.66 Å². The summed E-state index contributed by atoms with van der Waals surface area (Å²) in [4.78, 5) is 16.8. The SMILES string of the molecule is CC1(C)N=C(C(=O)Nc2ccccc2)NN1c1ccc(F)cc1. The Hall–Kier alpha value is -2.89. The van der Waals surface area contributed by atoms with Gasteiger partial charge in [-0.3, -0.25) is 15.2 Å². The summed E-state index contributed by atoms with van der Waals surface area (Å²) >= 11 is 0. The highest BCUT2D eigenvalue weighted by Crippen LogP contribution is 2.27. The molecule has 0 bridgehead atoms. The summed E-state index contributed by atoms with van der Waals surface area (Å²) in [6.07, 6.45) is 0. The Morgan fingerprint density at radius 3 is 2.43 bits per heavy atom. The van der Waals surface area contributed by atoms with Crippen molar-refractivity contribution in [3.63, 3.8) is 0 Å². The summed E-state index contributed by atoms with van der Waals surface area (Å²) in [6.45, 7) is 3.73. The molecule has 0 radical (unpaired) electrons. The molecule has 0 unspecified atom stereocenters. The van der Waals surface area contributed by atoms with Gasteiger partial charge in [-0.05, 0) is 50.2 Å². The van der Waals surface area contributed by atoms with Crippen LogP contribution in [0.1, 0.15) is 13.8 Å². The van der Waals surface area contributed by atoms with Crippen molar-refractivity contribution in [3.05, 3.63) is 60.4 Å². The normalized spacial score (nSPS) is 15.8. The van der Waals surface area contributed by atoms with Crippen LogP contribution in [-0.4, -0.2) is 17.4 Å². The second-order valence-electron chi connectivity index (χ2n) is 5.70. The van der Waals surface area contributed by atoms with E-state index in [2.05, 4.69) is 15.7 Å². The number of anilines is 2. The lowest BCUT2D eigenvalue weighted by molar-refractivity contribution is -0.110. The second kappa shape index (κ2) is 5.72. The van der Waals surface area contributed by atoms with Gasteiger partial charge in [-0.1, -0.05) is 18.2 Å². The number of rotatable bonds is 3. The fourth-order valence-corrected chi connectivity index (χ4v) is 2.38. The minimum atomic E-state index is -0.665. The van der Waals surface area contributed by atoms with Crippen molar-refractivity contribution in [1.29, 1.82) is 0 Å². The van der Waals surface area contributed by atoms with Crippen LogP contribution in [-0.2, 0) is 4.79 Å². The van der Waals surface area contributed by atoms with E-state index in [4.69, 9.17) is 0 Å². The molecule has 2 aromatic rings. The van der Waals surface area contributed by atoms with E-state index >= 15 is 0 Å². The predicted octanol–water partition coefficient (Wildman–Crippen LogP) is 2.92. The van der Waals surface area contributed by atoms with Gasteiger partial charge in [-0.15, -0.1) is 0 Å². The minimum absolute atomic E-state index is 0.211.